The number of aromatic amines is 2. The number of rotatable bonds is 7. The summed E-state index contributed by atoms with van der Waals surface area (Å²) in [6, 6.07) is 0. The van der Waals surface area contributed by atoms with Crippen molar-refractivity contribution >= 4 is 18.2 Å². The quantitative estimate of drug-likeness (QED) is 0.493. The number of nitrogens with one attached hydrogen (secondary N) is 2. The Balaban J connectivity index is 2.02. The largest absolute Gasteiger partial charge is 0.481 e. The monoisotopic (exact) mass is 229 g/mol. The van der Waals surface area contributed by atoms with Crippen molar-refractivity contribution in [3.63, 3.8) is 0 Å². The molecule has 1 aromatic heterocycles. The van der Waals surface area contributed by atoms with E-state index in [2.05, 4.69) is 15.2 Å². The van der Waals surface area contributed by atoms with Gasteiger partial charge in [0.2, 0.25) is 4.77 Å². The number of nitrogens with zero attached hydrogens (tertiary/aromatic N) is 1. The third-order valence-electron chi connectivity index (χ3n) is 2.10. The molecule has 0 saturated carbocycles. The fourth-order valence-corrected chi connectivity index (χ4v) is 1.51. The molecule has 0 spiro atoms. The highest BCUT2D eigenvalue weighted by molar-refractivity contribution is 7.71. The number of hydrogen-bond acceptors (Lipinski definition) is 3. The summed E-state index contributed by atoms with van der Waals surface area (Å²) in [6.45, 7) is 0. The van der Waals surface area contributed by atoms with Crippen LogP contribution in [0.25, 0.3) is 0 Å². The average Bonchev–Trinajstić information content (AvgIpc) is 2.57. The number of aliphatic carboxylic acids is 1. The molecule has 0 saturated heterocycles. The molecule has 5 nitrogen and oxygen atoms in total. The third kappa shape index (κ3) is 5.31. The molecule has 0 aliphatic carbocycles. The lowest BCUT2D eigenvalue weighted by atomic mass is 10.1. The predicted octanol–water partition coefficient (Wildman–Crippen LogP) is 2.04. The van der Waals surface area contributed by atoms with Crippen LogP contribution in [0, 0.1) is 4.77 Å². The van der Waals surface area contributed by atoms with Crippen LogP contribution < -0.4 is 0 Å². The Morgan fingerprint density at radius 1 is 1.27 bits per heavy atom. The zero-order chi connectivity index (χ0) is 11.1. The van der Waals surface area contributed by atoms with Crippen LogP contribution >= 0.6 is 12.2 Å². The average molecular weight is 229 g/mol. The van der Waals surface area contributed by atoms with Gasteiger partial charge in [-0.05, 0) is 25.1 Å². The van der Waals surface area contributed by atoms with Gasteiger partial charge in [0.05, 0.1) is 0 Å². The first-order valence-electron chi connectivity index (χ1n) is 5.04. The summed E-state index contributed by atoms with van der Waals surface area (Å²) in [7, 11) is 0. The summed E-state index contributed by atoms with van der Waals surface area (Å²) in [5.41, 5.74) is 0. The minimum atomic E-state index is -0.716. The second kappa shape index (κ2) is 6.34. The Kier molecular flexibility index (Phi) is 5.03. The molecule has 1 heterocycles. The Bertz CT molecular complexity index is 358. The van der Waals surface area contributed by atoms with Crippen LogP contribution in [0.4, 0.5) is 0 Å². The van der Waals surface area contributed by atoms with Gasteiger partial charge >= 0.3 is 5.97 Å². The molecule has 84 valence electrons. The Morgan fingerprint density at radius 3 is 2.60 bits per heavy atom. The van der Waals surface area contributed by atoms with Crippen molar-refractivity contribution in [2.24, 2.45) is 0 Å². The summed E-state index contributed by atoms with van der Waals surface area (Å²) in [6.07, 6.45) is 4.88. The minimum Gasteiger partial charge on any atom is -0.481 e. The molecule has 1 rings (SSSR count). The van der Waals surface area contributed by atoms with Gasteiger partial charge in [-0.15, -0.1) is 0 Å². The van der Waals surface area contributed by atoms with Crippen molar-refractivity contribution in [3.05, 3.63) is 10.6 Å². The lowest BCUT2D eigenvalue weighted by Gasteiger charge is -1.97. The molecule has 0 aromatic carbocycles. The van der Waals surface area contributed by atoms with Crippen molar-refractivity contribution in [1.29, 1.82) is 0 Å². The summed E-state index contributed by atoms with van der Waals surface area (Å²) in [4.78, 5) is 14.3. The third-order valence-corrected chi connectivity index (χ3v) is 2.30. The van der Waals surface area contributed by atoms with E-state index in [-0.39, 0.29) is 6.42 Å². The zero-order valence-corrected chi connectivity index (χ0v) is 9.27. The van der Waals surface area contributed by atoms with Crippen molar-refractivity contribution in [2.75, 3.05) is 0 Å². The Hall–Kier alpha value is -1.17. The second-order valence-corrected chi connectivity index (χ2v) is 3.81. The minimum absolute atomic E-state index is 0.269. The van der Waals surface area contributed by atoms with E-state index in [0.717, 1.165) is 37.9 Å². The lowest BCUT2D eigenvalue weighted by Crippen LogP contribution is -1.94. The molecule has 0 unspecified atom stereocenters. The molecule has 0 aliphatic rings. The van der Waals surface area contributed by atoms with Gasteiger partial charge < -0.3 is 5.11 Å². The van der Waals surface area contributed by atoms with Gasteiger partial charge in [0.25, 0.3) is 0 Å². The molecule has 0 atom stereocenters. The summed E-state index contributed by atoms with van der Waals surface area (Å²) in [5, 5.41) is 14.0. The standard InChI is InChI=1S/C9H15N3O2S/c13-8(14)6-4-2-1-3-5-7-10-9(15)12-11-7/h1-6H2,(H,13,14)(H2,10,11,12,15). The van der Waals surface area contributed by atoms with Gasteiger partial charge in [0.1, 0.15) is 5.82 Å². The number of unbranched alkanes of at least 4 members (excludes halogenated alkanes) is 3. The number of carboxylic acids is 1. The molecular weight excluding hydrogens is 214 g/mol. The van der Waals surface area contributed by atoms with E-state index in [9.17, 15) is 4.79 Å². The Morgan fingerprint density at radius 2 is 2.00 bits per heavy atom. The number of aryl methyl sites for hydroxylation is 1. The molecular formula is C9H15N3O2S. The van der Waals surface area contributed by atoms with Crippen LogP contribution in [0.3, 0.4) is 0 Å². The zero-order valence-electron chi connectivity index (χ0n) is 8.45. The maximum atomic E-state index is 10.2. The summed E-state index contributed by atoms with van der Waals surface area (Å²) < 4.78 is 0.482. The molecule has 6 heteroatoms. The molecule has 15 heavy (non-hydrogen) atoms. The van der Waals surface area contributed by atoms with E-state index in [1.807, 2.05) is 0 Å². The fourth-order valence-electron chi connectivity index (χ4n) is 1.34. The van der Waals surface area contributed by atoms with Gasteiger partial charge in [-0.2, -0.15) is 0 Å². The van der Waals surface area contributed by atoms with Gasteiger partial charge in [-0.1, -0.05) is 12.8 Å². The van der Waals surface area contributed by atoms with Gasteiger partial charge in [0, 0.05) is 12.8 Å². The number of H-pyrrole nitrogens is 2. The van der Waals surface area contributed by atoms with Crippen molar-refractivity contribution in [2.45, 2.75) is 38.5 Å². The first-order valence-corrected chi connectivity index (χ1v) is 5.44. The highest BCUT2D eigenvalue weighted by atomic mass is 32.1. The number of carboxylic acid groups (broad SMARTS) is 1. The normalized spacial score (nSPS) is 10.4. The fraction of sp³-hybridized carbons (Fsp3) is 0.667. The molecule has 1 aromatic rings. The van der Waals surface area contributed by atoms with Crippen LogP contribution in [0.15, 0.2) is 0 Å². The SMILES string of the molecule is O=C(O)CCCCCCc1nc(=S)[nH][nH]1. The molecule has 0 radical (unpaired) electrons. The van der Waals surface area contributed by atoms with Gasteiger partial charge in [-0.3, -0.25) is 15.0 Å². The molecule has 0 bridgehead atoms. The molecule has 0 amide bonds. The number of aromatic nitrogens is 3. The second-order valence-electron chi connectivity index (χ2n) is 3.42. The van der Waals surface area contributed by atoms with Crippen LogP contribution in [0.5, 0.6) is 0 Å². The van der Waals surface area contributed by atoms with E-state index in [4.69, 9.17) is 17.3 Å². The van der Waals surface area contributed by atoms with Crippen LogP contribution in [-0.4, -0.2) is 26.3 Å². The van der Waals surface area contributed by atoms with Gasteiger partial charge in [0.15, 0.2) is 0 Å². The topological polar surface area (TPSA) is 81.8 Å². The van der Waals surface area contributed by atoms with Crippen molar-refractivity contribution < 1.29 is 9.90 Å². The summed E-state index contributed by atoms with van der Waals surface area (Å²) >= 11 is 4.82. The molecule has 0 fully saturated rings. The smallest absolute Gasteiger partial charge is 0.303 e. The highest BCUT2D eigenvalue weighted by Gasteiger charge is 1.98. The van der Waals surface area contributed by atoms with E-state index < -0.39 is 5.97 Å². The van der Waals surface area contributed by atoms with E-state index in [1.54, 1.807) is 0 Å². The van der Waals surface area contributed by atoms with Crippen LogP contribution in [-0.2, 0) is 11.2 Å². The molecule has 0 aliphatic heterocycles. The first-order chi connectivity index (χ1) is 7.18. The highest BCUT2D eigenvalue weighted by Crippen LogP contribution is 2.05. The predicted molar refractivity (Wildman–Crippen MR) is 58.2 cm³/mol. The lowest BCUT2D eigenvalue weighted by molar-refractivity contribution is -0.137. The summed E-state index contributed by atoms with van der Waals surface area (Å²) in [5.74, 6) is 0.157. The van der Waals surface area contributed by atoms with E-state index in [0.29, 0.717) is 4.77 Å². The first kappa shape index (κ1) is 11.9. The van der Waals surface area contributed by atoms with E-state index in [1.165, 1.54) is 0 Å². The van der Waals surface area contributed by atoms with Crippen molar-refractivity contribution in [1.82, 2.24) is 15.2 Å². The maximum Gasteiger partial charge on any atom is 0.303 e. The number of hydrogen-bond donors (Lipinski definition) is 3. The Labute approximate surface area is 92.9 Å². The van der Waals surface area contributed by atoms with Crippen LogP contribution in [0.2, 0.25) is 0 Å². The van der Waals surface area contributed by atoms with Crippen LogP contribution in [0.1, 0.15) is 37.9 Å². The number of carbonyl (C=O) groups is 1. The van der Waals surface area contributed by atoms with Crippen molar-refractivity contribution in [3.8, 4) is 0 Å². The molecule has 3 N–H and O–H groups in total. The van der Waals surface area contributed by atoms with E-state index >= 15 is 0 Å². The maximum absolute atomic E-state index is 10.2. The van der Waals surface area contributed by atoms with Gasteiger partial charge in [-0.25, -0.2) is 4.98 Å².